The van der Waals surface area contributed by atoms with Gasteiger partial charge < -0.3 is 20.6 Å². The summed E-state index contributed by atoms with van der Waals surface area (Å²) >= 11 is 0. The Morgan fingerprint density at radius 3 is 2.02 bits per heavy atom. The summed E-state index contributed by atoms with van der Waals surface area (Å²) in [5.41, 5.74) is 8.67. The zero-order valence-corrected chi connectivity index (χ0v) is 26.7. The summed E-state index contributed by atoms with van der Waals surface area (Å²) in [7, 11) is -1.20. The Labute approximate surface area is 261 Å². The van der Waals surface area contributed by atoms with E-state index in [0.29, 0.717) is 34.9 Å². The van der Waals surface area contributed by atoms with Gasteiger partial charge in [0.15, 0.2) is 0 Å². The number of hydrogen-bond acceptors (Lipinski definition) is 5. The smallest absolute Gasteiger partial charge is 0.254 e. The Hall–Kier alpha value is -3.47. The highest BCUT2D eigenvalue weighted by atomic mass is 32.2. The summed E-state index contributed by atoms with van der Waals surface area (Å²) in [5, 5.41) is 11.1. The number of carbonyl (C=O) groups is 2. The first kappa shape index (κ1) is 35.0. The van der Waals surface area contributed by atoms with Crippen LogP contribution in [0.4, 0.5) is 8.78 Å². The summed E-state index contributed by atoms with van der Waals surface area (Å²) in [6.07, 6.45) is 0.351. The molecule has 0 aliphatic rings. The molecule has 1 unspecified atom stereocenters. The number of benzene rings is 3. The highest BCUT2D eigenvalue weighted by molar-refractivity contribution is 7.85. The number of rotatable bonds is 15. The molecule has 0 aliphatic carbocycles. The molecule has 0 saturated heterocycles. The van der Waals surface area contributed by atoms with Crippen LogP contribution in [0.2, 0.25) is 0 Å². The average molecular weight is 628 g/mol. The van der Waals surface area contributed by atoms with Gasteiger partial charge in [0.2, 0.25) is 0 Å². The van der Waals surface area contributed by atoms with Crippen molar-refractivity contribution in [3.8, 4) is 0 Å². The van der Waals surface area contributed by atoms with Crippen molar-refractivity contribution in [1.82, 2.24) is 9.80 Å². The van der Waals surface area contributed by atoms with Crippen molar-refractivity contribution in [1.29, 1.82) is 0 Å². The fourth-order valence-electron chi connectivity index (χ4n) is 5.14. The molecule has 0 heterocycles. The molecular formula is C34H43F2N3O4S. The van der Waals surface area contributed by atoms with Crippen molar-refractivity contribution >= 4 is 22.6 Å². The van der Waals surface area contributed by atoms with Crippen molar-refractivity contribution in [2.75, 3.05) is 25.4 Å². The van der Waals surface area contributed by atoms with Crippen LogP contribution in [-0.4, -0.2) is 68.5 Å². The lowest BCUT2D eigenvalue weighted by Crippen LogP contribution is -2.46. The van der Waals surface area contributed by atoms with Crippen LogP contribution in [0.3, 0.4) is 0 Å². The van der Waals surface area contributed by atoms with Gasteiger partial charge in [-0.1, -0.05) is 32.9 Å². The second-order valence-electron chi connectivity index (χ2n) is 11.1. The molecule has 0 aliphatic heterocycles. The van der Waals surface area contributed by atoms with Crippen molar-refractivity contribution in [2.24, 2.45) is 5.73 Å². The Kier molecular flexibility index (Phi) is 13.2. The molecule has 3 aromatic rings. The van der Waals surface area contributed by atoms with E-state index in [1.54, 1.807) is 47.4 Å². The van der Waals surface area contributed by atoms with Crippen LogP contribution >= 0.6 is 0 Å². The third-order valence-corrected chi connectivity index (χ3v) is 8.53. The Balaban J connectivity index is 1.94. The minimum Gasteiger partial charge on any atom is -0.390 e. The molecule has 3 rings (SSSR count). The van der Waals surface area contributed by atoms with Gasteiger partial charge in [0, 0.05) is 60.1 Å². The van der Waals surface area contributed by atoms with E-state index in [2.05, 4.69) is 0 Å². The SMILES string of the molecule is CCCN(CCC)C(=O)c1cc(C)cc(C(=O)N(Cc2cccc(S(=O)CC)c2)C[C@@H](O)[C@@H](N)Cc2cc(F)cc(F)c2)c1. The van der Waals surface area contributed by atoms with E-state index in [9.17, 15) is 27.7 Å². The molecule has 0 saturated carbocycles. The van der Waals surface area contributed by atoms with Crippen LogP contribution in [0.5, 0.6) is 0 Å². The number of amides is 2. The minimum atomic E-state index is -1.24. The topological polar surface area (TPSA) is 104 Å². The monoisotopic (exact) mass is 627 g/mol. The molecule has 3 atom stereocenters. The van der Waals surface area contributed by atoms with Gasteiger partial charge in [-0.15, -0.1) is 0 Å². The normalized spacial score (nSPS) is 13.3. The lowest BCUT2D eigenvalue weighted by atomic mass is 10.00. The third-order valence-electron chi connectivity index (χ3n) is 7.23. The number of nitrogens with two attached hydrogens (primary N) is 1. The quantitative estimate of drug-likeness (QED) is 0.240. The molecule has 0 aromatic heterocycles. The maximum absolute atomic E-state index is 14.1. The van der Waals surface area contributed by atoms with Crippen molar-refractivity contribution in [3.63, 3.8) is 0 Å². The Bertz CT molecular complexity index is 1440. The molecule has 0 bridgehead atoms. The van der Waals surface area contributed by atoms with Crippen molar-refractivity contribution in [2.45, 2.75) is 70.5 Å². The number of nitrogens with zero attached hydrogens (tertiary/aromatic N) is 2. The minimum absolute atomic E-state index is 0.0172. The van der Waals surface area contributed by atoms with Gasteiger partial charge in [0.25, 0.3) is 11.8 Å². The van der Waals surface area contributed by atoms with E-state index in [-0.39, 0.29) is 36.5 Å². The van der Waals surface area contributed by atoms with Gasteiger partial charge in [-0.3, -0.25) is 13.8 Å². The van der Waals surface area contributed by atoms with Crippen LogP contribution in [0.1, 0.15) is 71.0 Å². The maximum atomic E-state index is 14.1. The number of hydrogen-bond donors (Lipinski definition) is 2. The number of carbonyl (C=O) groups excluding carboxylic acids is 2. The standard InChI is InChI=1S/C34H43F2N3O4S/c1-5-11-38(12-6-2)33(41)26-13-23(4)14-27(19-26)34(42)39(21-24-9-8-10-30(17-24)44(43)7-3)22-32(40)31(37)18-25-15-28(35)20-29(36)16-25/h8-10,13-17,19-20,31-32,40H,5-7,11-12,18,21-22,37H2,1-4H3/t31-,32+,44?/m0/s1. The predicted octanol–water partition coefficient (Wildman–Crippen LogP) is 5.24. The zero-order chi connectivity index (χ0) is 32.4. The molecule has 10 heteroatoms. The molecule has 7 nitrogen and oxygen atoms in total. The first-order valence-corrected chi connectivity index (χ1v) is 16.3. The summed E-state index contributed by atoms with van der Waals surface area (Å²) in [4.78, 5) is 31.3. The van der Waals surface area contributed by atoms with Gasteiger partial charge in [-0.2, -0.15) is 0 Å². The number of aliphatic hydroxyl groups excluding tert-OH is 1. The molecule has 2 amide bonds. The van der Waals surface area contributed by atoms with Crippen LogP contribution in [0.25, 0.3) is 0 Å². The van der Waals surface area contributed by atoms with Crippen molar-refractivity contribution < 1.29 is 27.7 Å². The lowest BCUT2D eigenvalue weighted by molar-refractivity contribution is 0.0554. The summed E-state index contributed by atoms with van der Waals surface area (Å²) in [6, 6.07) is 14.3. The van der Waals surface area contributed by atoms with Gasteiger partial charge in [0.1, 0.15) is 11.6 Å². The average Bonchev–Trinajstić information content (AvgIpc) is 2.98. The van der Waals surface area contributed by atoms with Crippen LogP contribution in [0, 0.1) is 18.6 Å². The first-order valence-electron chi connectivity index (χ1n) is 15.0. The van der Waals surface area contributed by atoms with E-state index in [1.165, 1.54) is 4.90 Å². The van der Waals surface area contributed by atoms with E-state index < -0.39 is 40.5 Å². The second-order valence-corrected chi connectivity index (χ2v) is 12.8. The van der Waals surface area contributed by atoms with E-state index in [4.69, 9.17) is 5.73 Å². The van der Waals surface area contributed by atoms with E-state index >= 15 is 0 Å². The molecule has 3 N–H and O–H groups in total. The van der Waals surface area contributed by atoms with Crippen LogP contribution in [-0.2, 0) is 23.8 Å². The van der Waals surface area contributed by atoms with Crippen LogP contribution < -0.4 is 5.73 Å². The Morgan fingerprint density at radius 1 is 0.864 bits per heavy atom. The van der Waals surface area contributed by atoms with Gasteiger partial charge in [-0.05, 0) is 85.3 Å². The van der Waals surface area contributed by atoms with Crippen LogP contribution in [0.15, 0.2) is 65.6 Å². The van der Waals surface area contributed by atoms with E-state index in [0.717, 1.165) is 36.6 Å². The number of aliphatic hydroxyl groups is 1. The van der Waals surface area contributed by atoms with Gasteiger partial charge in [0.05, 0.1) is 16.9 Å². The number of halogens is 2. The van der Waals surface area contributed by atoms with Gasteiger partial charge in [-0.25, -0.2) is 8.78 Å². The summed E-state index contributed by atoms with van der Waals surface area (Å²) in [5.74, 6) is -1.64. The highest BCUT2D eigenvalue weighted by Crippen LogP contribution is 2.19. The molecule has 238 valence electrons. The summed E-state index contributed by atoms with van der Waals surface area (Å²) < 4.78 is 40.0. The lowest BCUT2D eigenvalue weighted by Gasteiger charge is -2.29. The molecular weight excluding hydrogens is 584 g/mol. The maximum Gasteiger partial charge on any atom is 0.254 e. The third kappa shape index (κ3) is 9.77. The second kappa shape index (κ2) is 16.6. The fourth-order valence-corrected chi connectivity index (χ4v) is 5.99. The largest absolute Gasteiger partial charge is 0.390 e. The van der Waals surface area contributed by atoms with Gasteiger partial charge >= 0.3 is 0 Å². The Morgan fingerprint density at radius 2 is 1.45 bits per heavy atom. The summed E-state index contributed by atoms with van der Waals surface area (Å²) in [6.45, 7) is 8.73. The predicted molar refractivity (Wildman–Crippen MR) is 170 cm³/mol. The first-order chi connectivity index (χ1) is 20.9. The molecule has 0 spiro atoms. The molecule has 0 radical (unpaired) electrons. The zero-order valence-electron chi connectivity index (χ0n) is 25.9. The highest BCUT2D eigenvalue weighted by Gasteiger charge is 2.26. The molecule has 44 heavy (non-hydrogen) atoms. The van der Waals surface area contributed by atoms with Crippen molar-refractivity contribution in [3.05, 3.63) is 100 Å². The fraction of sp³-hybridized carbons (Fsp3) is 0.412. The van der Waals surface area contributed by atoms with E-state index in [1.807, 2.05) is 27.7 Å². The number of aryl methyl sites for hydroxylation is 1. The molecule has 3 aromatic carbocycles. The molecule has 0 fully saturated rings.